The molecule has 0 aliphatic rings. The summed E-state index contributed by atoms with van der Waals surface area (Å²) in [6.45, 7) is 4.80. The minimum Gasteiger partial charge on any atom is -0.306 e. The van der Waals surface area contributed by atoms with Gasteiger partial charge in [-0.3, -0.25) is 0 Å². The lowest BCUT2D eigenvalue weighted by Crippen LogP contribution is -2.19. The molecular weight excluding hydrogens is 305 g/mol. The van der Waals surface area contributed by atoms with E-state index < -0.39 is 0 Å². The maximum atomic E-state index is 13.8. The summed E-state index contributed by atoms with van der Waals surface area (Å²) >= 11 is 3.27. The number of nitrogens with one attached hydrogen (secondary N) is 1. The van der Waals surface area contributed by atoms with Gasteiger partial charge in [-0.15, -0.1) is 0 Å². The van der Waals surface area contributed by atoms with Crippen LogP contribution < -0.4 is 5.32 Å². The Morgan fingerprint density at radius 3 is 2.63 bits per heavy atom. The summed E-state index contributed by atoms with van der Waals surface area (Å²) in [6, 6.07) is 13.4. The second-order valence-corrected chi connectivity index (χ2v) is 5.61. The molecule has 0 heterocycles. The van der Waals surface area contributed by atoms with Gasteiger partial charge in [-0.05, 0) is 37.1 Å². The molecule has 0 aliphatic carbocycles. The van der Waals surface area contributed by atoms with Gasteiger partial charge >= 0.3 is 0 Å². The van der Waals surface area contributed by atoms with E-state index in [1.807, 2.05) is 31.2 Å². The van der Waals surface area contributed by atoms with Crippen LogP contribution >= 0.6 is 15.9 Å². The third kappa shape index (κ3) is 3.64. The summed E-state index contributed by atoms with van der Waals surface area (Å²) in [4.78, 5) is 0. The number of halogens is 2. The second-order valence-electron chi connectivity index (χ2n) is 4.69. The zero-order chi connectivity index (χ0) is 13.8. The summed E-state index contributed by atoms with van der Waals surface area (Å²) < 4.78 is 14.6. The molecule has 0 saturated carbocycles. The van der Waals surface area contributed by atoms with Crippen molar-refractivity contribution in [2.24, 2.45) is 0 Å². The van der Waals surface area contributed by atoms with E-state index in [2.05, 4.69) is 40.3 Å². The highest BCUT2D eigenvalue weighted by Gasteiger charge is 2.11. The van der Waals surface area contributed by atoms with Gasteiger partial charge < -0.3 is 5.32 Å². The van der Waals surface area contributed by atoms with E-state index in [0.29, 0.717) is 5.56 Å². The molecule has 0 aromatic heterocycles. The van der Waals surface area contributed by atoms with Crippen molar-refractivity contribution >= 4 is 15.9 Å². The van der Waals surface area contributed by atoms with E-state index in [1.54, 1.807) is 0 Å². The lowest BCUT2D eigenvalue weighted by Gasteiger charge is -2.16. The molecule has 0 aliphatic heterocycles. The van der Waals surface area contributed by atoms with Crippen molar-refractivity contribution in [3.8, 4) is 0 Å². The Balaban J connectivity index is 2.05. The topological polar surface area (TPSA) is 12.0 Å². The molecule has 1 unspecified atom stereocenters. The predicted octanol–water partition coefficient (Wildman–Crippen LogP) is 4.75. The molecule has 1 N–H and O–H groups in total. The molecule has 0 radical (unpaired) electrons. The van der Waals surface area contributed by atoms with Crippen LogP contribution in [0.4, 0.5) is 4.39 Å². The van der Waals surface area contributed by atoms with Crippen LogP contribution in [-0.4, -0.2) is 0 Å². The molecule has 100 valence electrons. The molecule has 3 heteroatoms. The van der Waals surface area contributed by atoms with E-state index in [-0.39, 0.29) is 11.9 Å². The molecule has 0 fully saturated rings. The first-order valence-electron chi connectivity index (χ1n) is 6.31. The molecule has 0 spiro atoms. The Labute approximate surface area is 122 Å². The van der Waals surface area contributed by atoms with Crippen molar-refractivity contribution in [2.45, 2.75) is 26.4 Å². The molecule has 19 heavy (non-hydrogen) atoms. The first-order chi connectivity index (χ1) is 9.08. The zero-order valence-electron chi connectivity index (χ0n) is 11.1. The minimum atomic E-state index is -0.181. The molecule has 0 saturated heterocycles. The zero-order valence-corrected chi connectivity index (χ0v) is 12.7. The van der Waals surface area contributed by atoms with Gasteiger partial charge in [0.1, 0.15) is 5.82 Å². The highest BCUT2D eigenvalue weighted by Crippen LogP contribution is 2.21. The third-order valence-electron chi connectivity index (χ3n) is 3.29. The monoisotopic (exact) mass is 321 g/mol. The van der Waals surface area contributed by atoms with E-state index in [9.17, 15) is 4.39 Å². The quantitative estimate of drug-likeness (QED) is 0.857. The second kappa shape index (κ2) is 6.31. The van der Waals surface area contributed by atoms with Crippen LogP contribution in [0.3, 0.4) is 0 Å². The van der Waals surface area contributed by atoms with Crippen LogP contribution in [0.2, 0.25) is 0 Å². The molecule has 1 nitrogen and oxygen atoms in total. The van der Waals surface area contributed by atoms with E-state index in [0.717, 1.165) is 11.0 Å². The molecular formula is C16H17BrFN. The Morgan fingerprint density at radius 2 is 1.95 bits per heavy atom. The average Bonchev–Trinajstić information content (AvgIpc) is 2.37. The van der Waals surface area contributed by atoms with Gasteiger partial charge in [0.05, 0.1) is 0 Å². The lowest BCUT2D eigenvalue weighted by atomic mass is 10.1. The van der Waals surface area contributed by atoms with Crippen LogP contribution in [0.25, 0.3) is 0 Å². The van der Waals surface area contributed by atoms with Crippen LogP contribution in [-0.2, 0) is 6.54 Å². The summed E-state index contributed by atoms with van der Waals surface area (Å²) in [5, 5.41) is 3.36. The van der Waals surface area contributed by atoms with Crippen molar-refractivity contribution in [3.63, 3.8) is 0 Å². The summed E-state index contributed by atoms with van der Waals surface area (Å²) in [5.41, 5.74) is 3.18. The summed E-state index contributed by atoms with van der Waals surface area (Å²) in [5.74, 6) is -0.181. The number of hydrogen-bond donors (Lipinski definition) is 1. The highest BCUT2D eigenvalue weighted by molar-refractivity contribution is 9.10. The van der Waals surface area contributed by atoms with Gasteiger partial charge in [0.15, 0.2) is 0 Å². The number of benzene rings is 2. The van der Waals surface area contributed by atoms with Crippen LogP contribution in [0.5, 0.6) is 0 Å². The lowest BCUT2D eigenvalue weighted by molar-refractivity contribution is 0.527. The average molecular weight is 322 g/mol. The van der Waals surface area contributed by atoms with E-state index >= 15 is 0 Å². The normalized spacial score (nSPS) is 12.4. The van der Waals surface area contributed by atoms with Crippen molar-refractivity contribution < 1.29 is 4.39 Å². The fourth-order valence-electron chi connectivity index (χ4n) is 2.03. The van der Waals surface area contributed by atoms with Crippen molar-refractivity contribution in [3.05, 3.63) is 69.4 Å². The molecule has 0 amide bonds. The van der Waals surface area contributed by atoms with Gasteiger partial charge in [0.25, 0.3) is 0 Å². The van der Waals surface area contributed by atoms with E-state index in [4.69, 9.17) is 0 Å². The molecule has 0 bridgehead atoms. The highest BCUT2D eigenvalue weighted by atomic mass is 79.9. The first kappa shape index (κ1) is 14.2. The van der Waals surface area contributed by atoms with Gasteiger partial charge in [-0.1, -0.05) is 46.3 Å². The predicted molar refractivity (Wildman–Crippen MR) is 80.5 cm³/mol. The van der Waals surface area contributed by atoms with Gasteiger partial charge in [0.2, 0.25) is 0 Å². The van der Waals surface area contributed by atoms with Crippen LogP contribution in [0, 0.1) is 12.7 Å². The fourth-order valence-corrected chi connectivity index (χ4v) is 2.37. The standard InChI is InChI=1S/C16H17BrFN/c1-11-5-3-4-6-13(11)10-19-12(2)15-8-7-14(17)9-16(15)18/h3-9,12,19H,10H2,1-2H3. The SMILES string of the molecule is Cc1ccccc1CNC(C)c1ccc(Br)cc1F. The minimum absolute atomic E-state index is 0.0206. The molecule has 2 rings (SSSR count). The van der Waals surface area contributed by atoms with Crippen molar-refractivity contribution in [1.29, 1.82) is 0 Å². The largest absolute Gasteiger partial charge is 0.306 e. The fraction of sp³-hybridized carbons (Fsp3) is 0.250. The Kier molecular flexibility index (Phi) is 4.72. The third-order valence-corrected chi connectivity index (χ3v) is 3.78. The number of aryl methyl sites for hydroxylation is 1. The smallest absolute Gasteiger partial charge is 0.129 e. The Hall–Kier alpha value is -1.19. The number of rotatable bonds is 4. The van der Waals surface area contributed by atoms with Crippen LogP contribution in [0.15, 0.2) is 46.9 Å². The summed E-state index contributed by atoms with van der Waals surface area (Å²) in [6.07, 6.45) is 0. The van der Waals surface area contributed by atoms with Gasteiger partial charge in [-0.25, -0.2) is 4.39 Å². The Bertz CT molecular complexity index is 568. The maximum Gasteiger partial charge on any atom is 0.129 e. The molecule has 2 aromatic carbocycles. The maximum absolute atomic E-state index is 13.8. The molecule has 1 atom stereocenters. The summed E-state index contributed by atoms with van der Waals surface area (Å²) in [7, 11) is 0. The van der Waals surface area contributed by atoms with Gasteiger partial charge in [-0.2, -0.15) is 0 Å². The van der Waals surface area contributed by atoms with Gasteiger partial charge in [0, 0.05) is 22.6 Å². The Morgan fingerprint density at radius 1 is 1.21 bits per heavy atom. The van der Waals surface area contributed by atoms with Crippen molar-refractivity contribution in [1.82, 2.24) is 5.32 Å². The molecule has 2 aromatic rings. The van der Waals surface area contributed by atoms with Crippen molar-refractivity contribution in [2.75, 3.05) is 0 Å². The number of hydrogen-bond acceptors (Lipinski definition) is 1. The van der Waals surface area contributed by atoms with Crippen LogP contribution in [0.1, 0.15) is 29.7 Å². The first-order valence-corrected chi connectivity index (χ1v) is 7.10. The van der Waals surface area contributed by atoms with E-state index in [1.165, 1.54) is 17.2 Å².